The van der Waals surface area contributed by atoms with Gasteiger partial charge in [0.2, 0.25) is 8.32 Å². The van der Waals surface area contributed by atoms with Gasteiger partial charge in [-0.15, -0.1) is 0 Å². The molecule has 0 bridgehead atoms. The predicted octanol–water partition coefficient (Wildman–Crippen LogP) is 5.07. The third-order valence-electron chi connectivity index (χ3n) is 5.63. The van der Waals surface area contributed by atoms with Crippen LogP contribution in [0, 0.1) is 11.8 Å². The minimum absolute atomic E-state index is 0.718. The summed E-state index contributed by atoms with van der Waals surface area (Å²) < 4.78 is 6.34. The SMILES string of the molecule is C[C@@H]1C([Si](C)(C)C)=C2CCCCC2=C2[C@@H]1CO[Si]2(C)C. The van der Waals surface area contributed by atoms with E-state index >= 15 is 0 Å². The van der Waals surface area contributed by atoms with Crippen molar-refractivity contribution in [3.05, 3.63) is 21.5 Å². The molecule has 0 aromatic heterocycles. The van der Waals surface area contributed by atoms with Gasteiger partial charge in [-0.05, 0) is 61.0 Å². The van der Waals surface area contributed by atoms with E-state index in [0.717, 1.165) is 18.4 Å². The molecule has 3 aliphatic rings. The van der Waals surface area contributed by atoms with Crippen LogP contribution in [0.5, 0.6) is 0 Å². The number of hydrogen-bond donors (Lipinski definition) is 0. The fraction of sp³-hybridized carbons (Fsp3) is 0.765. The second-order valence-corrected chi connectivity index (χ2v) is 17.3. The van der Waals surface area contributed by atoms with Crippen molar-refractivity contribution in [1.82, 2.24) is 0 Å². The van der Waals surface area contributed by atoms with Crippen LogP contribution in [0.2, 0.25) is 32.7 Å². The molecular formula is C17H30OSi2. The molecule has 1 saturated heterocycles. The highest BCUT2D eigenvalue weighted by Gasteiger charge is 2.49. The summed E-state index contributed by atoms with van der Waals surface area (Å²) in [4.78, 5) is 0. The lowest BCUT2D eigenvalue weighted by Crippen LogP contribution is -2.40. The van der Waals surface area contributed by atoms with E-state index in [9.17, 15) is 0 Å². The molecule has 0 aromatic carbocycles. The zero-order chi connectivity index (χ0) is 14.7. The lowest BCUT2D eigenvalue weighted by Gasteiger charge is -2.42. The molecule has 3 heteroatoms. The van der Waals surface area contributed by atoms with E-state index < -0.39 is 16.4 Å². The Morgan fingerprint density at radius 2 is 1.65 bits per heavy atom. The molecule has 2 fully saturated rings. The lowest BCUT2D eigenvalue weighted by atomic mass is 9.77. The molecule has 0 unspecified atom stereocenters. The molecule has 0 aromatic rings. The van der Waals surface area contributed by atoms with Crippen molar-refractivity contribution < 1.29 is 4.43 Å². The zero-order valence-electron chi connectivity index (χ0n) is 14.1. The van der Waals surface area contributed by atoms with Gasteiger partial charge in [-0.2, -0.15) is 0 Å². The van der Waals surface area contributed by atoms with E-state index in [1.165, 1.54) is 25.7 Å². The average molecular weight is 307 g/mol. The van der Waals surface area contributed by atoms with E-state index in [2.05, 4.69) is 39.7 Å². The molecule has 1 saturated carbocycles. The van der Waals surface area contributed by atoms with Crippen LogP contribution >= 0.6 is 0 Å². The van der Waals surface area contributed by atoms with Gasteiger partial charge in [0.1, 0.15) is 0 Å². The molecule has 0 spiro atoms. The fourth-order valence-corrected chi connectivity index (χ4v) is 10.7. The summed E-state index contributed by atoms with van der Waals surface area (Å²) >= 11 is 0. The van der Waals surface area contributed by atoms with Gasteiger partial charge >= 0.3 is 0 Å². The smallest absolute Gasteiger partial charge is 0.214 e. The third-order valence-corrected chi connectivity index (χ3v) is 10.9. The lowest BCUT2D eigenvalue weighted by molar-refractivity contribution is 0.281. The van der Waals surface area contributed by atoms with Gasteiger partial charge in [0.25, 0.3) is 0 Å². The van der Waals surface area contributed by atoms with E-state index in [4.69, 9.17) is 4.43 Å². The second-order valence-electron chi connectivity index (χ2n) is 8.46. The standard InChI is InChI=1S/C17H30OSi2/c1-12-15-11-18-20(5,6)17(15)14-10-8-7-9-13(14)16(12)19(2,3)4/h12,15H,7-11H2,1-6H3/t12-,15+/m0/s1. The van der Waals surface area contributed by atoms with Crippen molar-refractivity contribution >= 4 is 16.4 Å². The maximum absolute atomic E-state index is 6.34. The zero-order valence-corrected chi connectivity index (χ0v) is 16.1. The van der Waals surface area contributed by atoms with E-state index in [1.54, 1.807) is 11.1 Å². The minimum Gasteiger partial charge on any atom is -0.413 e. The van der Waals surface area contributed by atoms with Crippen molar-refractivity contribution in [1.29, 1.82) is 0 Å². The second kappa shape index (κ2) is 4.69. The van der Waals surface area contributed by atoms with Crippen LogP contribution in [0.4, 0.5) is 0 Å². The van der Waals surface area contributed by atoms with Gasteiger partial charge in [0, 0.05) is 12.5 Å². The molecule has 1 heterocycles. The van der Waals surface area contributed by atoms with Gasteiger partial charge in [-0.3, -0.25) is 0 Å². The Hall–Kier alpha value is -0.126. The van der Waals surface area contributed by atoms with Gasteiger partial charge in [-0.1, -0.05) is 31.8 Å². The molecule has 0 amide bonds. The molecule has 2 aliphatic carbocycles. The van der Waals surface area contributed by atoms with Crippen molar-refractivity contribution in [2.45, 2.75) is 65.3 Å². The Bertz CT molecular complexity index is 478. The minimum atomic E-state index is -1.58. The molecular weight excluding hydrogens is 276 g/mol. The van der Waals surface area contributed by atoms with Crippen molar-refractivity contribution in [3.8, 4) is 0 Å². The molecule has 112 valence electrons. The van der Waals surface area contributed by atoms with Crippen LogP contribution in [0.25, 0.3) is 0 Å². The van der Waals surface area contributed by atoms with Gasteiger partial charge < -0.3 is 4.43 Å². The Labute approximate surface area is 126 Å². The molecule has 20 heavy (non-hydrogen) atoms. The summed E-state index contributed by atoms with van der Waals surface area (Å²) in [5, 5.41) is 3.69. The number of hydrogen-bond acceptors (Lipinski definition) is 1. The van der Waals surface area contributed by atoms with E-state index in [0.29, 0.717) is 0 Å². The topological polar surface area (TPSA) is 9.23 Å². The Morgan fingerprint density at radius 3 is 2.25 bits per heavy atom. The summed E-state index contributed by atoms with van der Waals surface area (Å²) in [5.41, 5.74) is 3.59. The number of rotatable bonds is 1. The van der Waals surface area contributed by atoms with Gasteiger partial charge in [0.15, 0.2) is 0 Å². The maximum Gasteiger partial charge on any atom is 0.214 e. The first-order valence-corrected chi connectivity index (χ1v) is 14.8. The highest BCUT2D eigenvalue weighted by molar-refractivity contribution is 6.84. The van der Waals surface area contributed by atoms with Crippen molar-refractivity contribution in [2.24, 2.45) is 11.8 Å². The highest BCUT2D eigenvalue weighted by Crippen LogP contribution is 2.52. The number of fused-ring (bicyclic) bond motifs is 2. The van der Waals surface area contributed by atoms with Crippen LogP contribution in [0.1, 0.15) is 32.6 Å². The molecule has 0 radical (unpaired) electrons. The molecule has 0 N–H and O–H groups in total. The third kappa shape index (κ3) is 2.13. The normalized spacial score (nSPS) is 33.3. The highest BCUT2D eigenvalue weighted by atomic mass is 28.4. The molecule has 3 rings (SSSR count). The predicted molar refractivity (Wildman–Crippen MR) is 92.0 cm³/mol. The molecule has 2 atom stereocenters. The fourth-order valence-electron chi connectivity index (χ4n) is 5.00. The molecule has 1 aliphatic heterocycles. The van der Waals surface area contributed by atoms with Gasteiger partial charge in [0.05, 0.1) is 8.07 Å². The number of allylic oxidation sites excluding steroid dienone is 3. The first kappa shape index (κ1) is 14.8. The summed E-state index contributed by atoms with van der Waals surface area (Å²) in [6, 6.07) is 0. The summed E-state index contributed by atoms with van der Waals surface area (Å²) in [5.74, 6) is 1.46. The van der Waals surface area contributed by atoms with Crippen LogP contribution in [-0.2, 0) is 4.43 Å². The van der Waals surface area contributed by atoms with Crippen LogP contribution in [0.3, 0.4) is 0 Å². The summed E-state index contributed by atoms with van der Waals surface area (Å²) in [6.45, 7) is 16.0. The summed E-state index contributed by atoms with van der Waals surface area (Å²) in [7, 11) is -2.81. The summed E-state index contributed by atoms with van der Waals surface area (Å²) in [6.07, 6.45) is 5.48. The average Bonchev–Trinajstić information content (AvgIpc) is 2.65. The Kier molecular flexibility index (Phi) is 3.47. The van der Waals surface area contributed by atoms with Gasteiger partial charge in [-0.25, -0.2) is 0 Å². The van der Waals surface area contributed by atoms with Crippen molar-refractivity contribution in [3.63, 3.8) is 0 Å². The van der Waals surface area contributed by atoms with Crippen LogP contribution < -0.4 is 0 Å². The molecule has 1 nitrogen and oxygen atoms in total. The van der Waals surface area contributed by atoms with E-state index in [-0.39, 0.29) is 0 Å². The largest absolute Gasteiger partial charge is 0.413 e. The maximum atomic E-state index is 6.34. The van der Waals surface area contributed by atoms with Crippen molar-refractivity contribution in [2.75, 3.05) is 6.61 Å². The quantitative estimate of drug-likeness (QED) is 0.614. The monoisotopic (exact) mass is 306 g/mol. The first-order chi connectivity index (χ1) is 9.23. The van der Waals surface area contributed by atoms with E-state index in [1.807, 2.05) is 10.4 Å². The first-order valence-electron chi connectivity index (χ1n) is 8.35. The van der Waals surface area contributed by atoms with Crippen LogP contribution in [-0.4, -0.2) is 23.0 Å². The van der Waals surface area contributed by atoms with Crippen LogP contribution in [0.15, 0.2) is 21.5 Å². The Morgan fingerprint density at radius 1 is 1.05 bits per heavy atom. The Balaban J connectivity index is 2.22.